The molecule has 0 aromatic heterocycles. The number of carbonyl (C=O) groups excluding carboxylic acids is 1. The van der Waals surface area contributed by atoms with Gasteiger partial charge in [0.05, 0.1) is 0 Å². The summed E-state index contributed by atoms with van der Waals surface area (Å²) in [5.41, 5.74) is 0.646. The van der Waals surface area contributed by atoms with Gasteiger partial charge in [-0.25, -0.2) is 0 Å². The minimum Gasteiger partial charge on any atom is -0.485 e. The molecule has 1 atom stereocenters. The number of nitrogens with zero attached hydrogens (tertiary/aromatic N) is 2. The number of carbonyl (C=O) groups is 1. The Hall–Kier alpha value is -1.21. The van der Waals surface area contributed by atoms with Crippen molar-refractivity contribution in [1.82, 2.24) is 9.80 Å². The van der Waals surface area contributed by atoms with Crippen molar-refractivity contribution >= 4 is 34.8 Å². The highest BCUT2D eigenvalue weighted by Gasteiger charge is 2.23. The fourth-order valence-electron chi connectivity index (χ4n) is 2.47. The van der Waals surface area contributed by atoms with Crippen LogP contribution in [0.3, 0.4) is 0 Å². The molecule has 1 N–H and O–H groups in total. The highest BCUT2D eigenvalue weighted by molar-refractivity contribution is 7.80. The molecule has 0 saturated carbocycles. The van der Waals surface area contributed by atoms with Gasteiger partial charge in [0.25, 0.3) is 5.91 Å². The minimum atomic E-state index is -0.577. The Morgan fingerprint density at radius 1 is 1.30 bits per heavy atom. The predicted molar refractivity (Wildman–Crippen MR) is 94.0 cm³/mol. The van der Waals surface area contributed by atoms with Crippen molar-refractivity contribution in [3.8, 4) is 0 Å². The molecule has 0 radical (unpaired) electrons. The van der Waals surface area contributed by atoms with Crippen LogP contribution in [-0.2, 0) is 4.74 Å². The van der Waals surface area contributed by atoms with Crippen LogP contribution in [-0.4, -0.2) is 71.3 Å². The first-order valence-corrected chi connectivity index (χ1v) is 8.33. The molecular formula is C16H21ClN2O3S. The average molecular weight is 357 g/mol. The van der Waals surface area contributed by atoms with Crippen LogP contribution in [0.25, 0.3) is 0 Å². The topological polar surface area (TPSA) is 53.0 Å². The van der Waals surface area contributed by atoms with Crippen LogP contribution in [0.2, 0.25) is 5.02 Å². The van der Waals surface area contributed by atoms with Crippen molar-refractivity contribution < 1.29 is 14.6 Å². The molecule has 1 heterocycles. The van der Waals surface area contributed by atoms with Gasteiger partial charge in [-0.2, -0.15) is 0 Å². The number of aliphatic hydroxyl groups is 1. The summed E-state index contributed by atoms with van der Waals surface area (Å²) in [6, 6.07) is 6.93. The predicted octanol–water partition coefficient (Wildman–Crippen LogP) is 1.82. The average Bonchev–Trinajstić information content (AvgIpc) is 2.54. The van der Waals surface area contributed by atoms with Crippen LogP contribution in [0.4, 0.5) is 0 Å². The molecule has 23 heavy (non-hydrogen) atoms. The Labute approximate surface area is 146 Å². The third-order valence-corrected chi connectivity index (χ3v) is 4.07. The van der Waals surface area contributed by atoms with Crippen molar-refractivity contribution in [2.24, 2.45) is 0 Å². The summed E-state index contributed by atoms with van der Waals surface area (Å²) in [6.07, 6.45) is -0.577. The summed E-state index contributed by atoms with van der Waals surface area (Å²) in [5, 5.41) is 11.0. The van der Waals surface area contributed by atoms with Crippen molar-refractivity contribution in [1.29, 1.82) is 0 Å². The molecule has 1 aliphatic rings. The number of aliphatic hydroxyl groups excluding tert-OH is 1. The van der Waals surface area contributed by atoms with Crippen molar-refractivity contribution in [2.45, 2.75) is 13.0 Å². The molecule has 0 aliphatic carbocycles. The molecule has 1 aromatic rings. The number of halogens is 1. The molecule has 5 nitrogen and oxygen atoms in total. The van der Waals surface area contributed by atoms with E-state index in [0.29, 0.717) is 35.3 Å². The van der Waals surface area contributed by atoms with Crippen LogP contribution < -0.4 is 0 Å². The van der Waals surface area contributed by atoms with E-state index in [-0.39, 0.29) is 12.5 Å². The summed E-state index contributed by atoms with van der Waals surface area (Å²) in [6.45, 7) is 5.15. The number of hydrogen-bond donors (Lipinski definition) is 1. The van der Waals surface area contributed by atoms with E-state index in [1.165, 1.54) is 0 Å². The molecule has 1 aliphatic heterocycles. The second kappa shape index (κ2) is 8.59. The van der Waals surface area contributed by atoms with E-state index in [2.05, 4.69) is 4.90 Å². The van der Waals surface area contributed by atoms with Gasteiger partial charge < -0.3 is 14.7 Å². The Bertz CT molecular complexity index is 545. The zero-order valence-corrected chi connectivity index (χ0v) is 14.6. The Balaban J connectivity index is 1.78. The smallest absolute Gasteiger partial charge is 0.253 e. The number of rotatable bonds is 5. The lowest BCUT2D eigenvalue weighted by Gasteiger charge is -2.35. The second-order valence-electron chi connectivity index (χ2n) is 5.56. The maximum absolute atomic E-state index is 12.4. The van der Waals surface area contributed by atoms with E-state index >= 15 is 0 Å². The molecule has 126 valence electrons. The Kier molecular flexibility index (Phi) is 6.77. The molecular weight excluding hydrogens is 336 g/mol. The molecule has 2 rings (SSSR count). The second-order valence-corrected chi connectivity index (χ2v) is 6.57. The number of amides is 1. The molecule has 7 heteroatoms. The SMILES string of the molecule is CC(=S)OCC(O)CN1CCN(C(=O)c2ccc(Cl)cc2)CC1. The molecule has 0 bridgehead atoms. The number of hydrogen-bond acceptors (Lipinski definition) is 5. The van der Waals surface area contributed by atoms with Crippen LogP contribution >= 0.6 is 23.8 Å². The van der Waals surface area contributed by atoms with Crippen LogP contribution in [0.15, 0.2) is 24.3 Å². The summed E-state index contributed by atoms with van der Waals surface area (Å²) in [4.78, 5) is 16.3. The maximum atomic E-state index is 12.4. The van der Waals surface area contributed by atoms with Gasteiger partial charge in [0.15, 0.2) is 5.05 Å². The van der Waals surface area contributed by atoms with Crippen LogP contribution in [0, 0.1) is 0 Å². The van der Waals surface area contributed by atoms with Crippen molar-refractivity contribution in [2.75, 3.05) is 39.3 Å². The Morgan fingerprint density at radius 3 is 2.48 bits per heavy atom. The molecule has 1 fully saturated rings. The highest BCUT2D eigenvalue weighted by atomic mass is 35.5. The first kappa shape index (κ1) is 18.1. The summed E-state index contributed by atoms with van der Waals surface area (Å²) in [5.74, 6) is 0.0153. The molecule has 1 saturated heterocycles. The normalized spacial score (nSPS) is 16.9. The van der Waals surface area contributed by atoms with E-state index in [1.807, 2.05) is 4.90 Å². The van der Waals surface area contributed by atoms with Gasteiger partial charge in [0.2, 0.25) is 0 Å². The number of thiocarbonyl (C=S) groups is 1. The number of ether oxygens (including phenoxy) is 1. The standard InChI is InChI=1S/C16H21ClN2O3S/c1-12(23)22-11-15(20)10-18-6-8-19(9-7-18)16(21)13-2-4-14(17)5-3-13/h2-5,15,20H,6-11H2,1H3. The third-order valence-electron chi connectivity index (χ3n) is 3.70. The number of benzene rings is 1. The molecule has 0 spiro atoms. The van der Waals surface area contributed by atoms with Gasteiger partial charge >= 0.3 is 0 Å². The van der Waals surface area contributed by atoms with E-state index in [1.54, 1.807) is 31.2 Å². The van der Waals surface area contributed by atoms with Gasteiger partial charge in [-0.3, -0.25) is 9.69 Å². The highest BCUT2D eigenvalue weighted by Crippen LogP contribution is 2.13. The van der Waals surface area contributed by atoms with Gasteiger partial charge in [0, 0.05) is 50.2 Å². The summed E-state index contributed by atoms with van der Waals surface area (Å²) >= 11 is 10.7. The zero-order valence-electron chi connectivity index (χ0n) is 13.1. The molecule has 1 aromatic carbocycles. The Morgan fingerprint density at radius 2 is 1.91 bits per heavy atom. The summed E-state index contributed by atoms with van der Waals surface area (Å²) < 4.78 is 5.15. The fourth-order valence-corrected chi connectivity index (χ4v) is 2.67. The third kappa shape index (κ3) is 5.73. The van der Waals surface area contributed by atoms with Gasteiger partial charge in [0.1, 0.15) is 12.7 Å². The maximum Gasteiger partial charge on any atom is 0.253 e. The van der Waals surface area contributed by atoms with Gasteiger partial charge in [-0.15, -0.1) is 0 Å². The minimum absolute atomic E-state index is 0.0153. The monoisotopic (exact) mass is 356 g/mol. The van der Waals surface area contributed by atoms with Crippen LogP contribution in [0.5, 0.6) is 0 Å². The quantitative estimate of drug-likeness (QED) is 0.816. The lowest BCUT2D eigenvalue weighted by atomic mass is 10.2. The fraction of sp³-hybridized carbons (Fsp3) is 0.500. The van der Waals surface area contributed by atoms with Crippen LogP contribution in [0.1, 0.15) is 17.3 Å². The zero-order chi connectivity index (χ0) is 16.8. The van der Waals surface area contributed by atoms with Gasteiger partial charge in [-0.1, -0.05) is 11.6 Å². The molecule has 1 unspecified atom stereocenters. The van der Waals surface area contributed by atoms with Crippen molar-refractivity contribution in [3.05, 3.63) is 34.9 Å². The van der Waals surface area contributed by atoms with E-state index in [9.17, 15) is 9.90 Å². The first-order chi connectivity index (χ1) is 11.0. The molecule has 1 amide bonds. The summed E-state index contributed by atoms with van der Waals surface area (Å²) in [7, 11) is 0. The van der Waals surface area contributed by atoms with Gasteiger partial charge in [-0.05, 0) is 36.5 Å². The van der Waals surface area contributed by atoms with E-state index < -0.39 is 6.10 Å². The largest absolute Gasteiger partial charge is 0.485 e. The van der Waals surface area contributed by atoms with E-state index in [4.69, 9.17) is 28.6 Å². The lowest BCUT2D eigenvalue weighted by molar-refractivity contribution is 0.0388. The lowest BCUT2D eigenvalue weighted by Crippen LogP contribution is -2.50. The van der Waals surface area contributed by atoms with Crippen molar-refractivity contribution in [3.63, 3.8) is 0 Å². The number of piperazine rings is 1. The number of β-amino-alcohol motifs (C(OH)–C–C–N with tert-alkyl or cyclic N) is 1. The first-order valence-electron chi connectivity index (χ1n) is 7.54. The van der Waals surface area contributed by atoms with E-state index in [0.717, 1.165) is 13.1 Å².